The van der Waals surface area contributed by atoms with Crippen molar-refractivity contribution in [2.75, 3.05) is 24.5 Å². The van der Waals surface area contributed by atoms with Gasteiger partial charge in [-0.2, -0.15) is 0 Å². The molecule has 0 amide bonds. The van der Waals surface area contributed by atoms with Gasteiger partial charge in [-0.05, 0) is 48.2 Å². The largest absolute Gasteiger partial charge is 0.371 e. The van der Waals surface area contributed by atoms with Gasteiger partial charge in [0.2, 0.25) is 10.0 Å². The number of nitrogens with zero attached hydrogens (tertiary/aromatic N) is 1. The van der Waals surface area contributed by atoms with Gasteiger partial charge in [0, 0.05) is 30.9 Å². The van der Waals surface area contributed by atoms with Crippen LogP contribution in [0.1, 0.15) is 6.42 Å². The third-order valence-electron chi connectivity index (χ3n) is 5.30. The normalized spacial score (nSPS) is 16.9. The highest BCUT2D eigenvalue weighted by molar-refractivity contribution is 7.89. The number of benzene rings is 3. The molecule has 0 saturated carbocycles. The topological polar surface area (TPSA) is 49.4 Å². The first-order valence-corrected chi connectivity index (χ1v) is 11.2. The lowest BCUT2D eigenvalue weighted by Crippen LogP contribution is -2.31. The summed E-state index contributed by atoms with van der Waals surface area (Å²) in [5, 5.41) is 0. The Morgan fingerprint density at radius 3 is 2.38 bits per heavy atom. The summed E-state index contributed by atoms with van der Waals surface area (Å²) in [6, 6.07) is 23.0. The molecule has 0 aromatic heterocycles. The van der Waals surface area contributed by atoms with E-state index < -0.39 is 10.0 Å². The summed E-state index contributed by atoms with van der Waals surface area (Å²) in [5.41, 5.74) is 2.53. The molecule has 1 aliphatic heterocycles. The van der Waals surface area contributed by atoms with Crippen molar-refractivity contribution >= 4 is 15.7 Å². The number of anilines is 1. The van der Waals surface area contributed by atoms with E-state index in [1.807, 2.05) is 42.5 Å². The highest BCUT2D eigenvalue weighted by Gasteiger charge is 2.26. The molecule has 1 fully saturated rings. The third-order valence-corrected chi connectivity index (χ3v) is 6.78. The zero-order valence-corrected chi connectivity index (χ0v) is 16.8. The summed E-state index contributed by atoms with van der Waals surface area (Å²) in [6.07, 6.45) is 0.889. The van der Waals surface area contributed by atoms with Gasteiger partial charge in [-0.25, -0.2) is 17.5 Å². The Morgan fingerprint density at radius 2 is 1.62 bits per heavy atom. The number of nitrogens with one attached hydrogen (secondary N) is 1. The lowest BCUT2D eigenvalue weighted by Gasteiger charge is -2.19. The third kappa shape index (κ3) is 4.49. The number of hydrogen-bond donors (Lipinski definition) is 1. The molecule has 0 radical (unpaired) electrons. The van der Waals surface area contributed by atoms with Crippen molar-refractivity contribution in [3.05, 3.63) is 84.7 Å². The van der Waals surface area contributed by atoms with Gasteiger partial charge >= 0.3 is 0 Å². The molecule has 1 N–H and O–H groups in total. The molecule has 1 unspecified atom stereocenters. The van der Waals surface area contributed by atoms with Crippen molar-refractivity contribution in [2.24, 2.45) is 5.92 Å². The average molecular weight is 411 g/mol. The van der Waals surface area contributed by atoms with Crippen LogP contribution in [0.15, 0.2) is 83.8 Å². The van der Waals surface area contributed by atoms with Crippen LogP contribution in [0.2, 0.25) is 0 Å². The minimum absolute atomic E-state index is 0.207. The molecule has 4 rings (SSSR count). The van der Waals surface area contributed by atoms with E-state index in [-0.39, 0.29) is 11.7 Å². The SMILES string of the molecule is O=S(=O)(NCC1CCN(c2ccc(F)cc2)C1)c1ccccc1-c1ccccc1. The summed E-state index contributed by atoms with van der Waals surface area (Å²) < 4.78 is 41.9. The van der Waals surface area contributed by atoms with Crippen LogP contribution >= 0.6 is 0 Å². The van der Waals surface area contributed by atoms with E-state index in [1.54, 1.807) is 24.3 Å². The predicted octanol–water partition coefficient (Wildman–Crippen LogP) is 4.30. The number of rotatable bonds is 6. The van der Waals surface area contributed by atoms with Crippen LogP contribution in [0.3, 0.4) is 0 Å². The van der Waals surface area contributed by atoms with Crippen LogP contribution in [0.5, 0.6) is 0 Å². The molecule has 0 bridgehead atoms. The van der Waals surface area contributed by atoms with Crippen LogP contribution in [-0.2, 0) is 10.0 Å². The van der Waals surface area contributed by atoms with Gasteiger partial charge < -0.3 is 4.90 Å². The standard InChI is InChI=1S/C23H23FN2O2S/c24-20-10-12-21(13-11-20)26-15-14-18(17-26)16-25-29(27,28)23-9-5-4-8-22(23)19-6-2-1-3-7-19/h1-13,18,25H,14-17H2. The first-order chi connectivity index (χ1) is 14.0. The molecule has 150 valence electrons. The van der Waals surface area contributed by atoms with Crippen molar-refractivity contribution in [3.8, 4) is 11.1 Å². The summed E-state index contributed by atoms with van der Waals surface area (Å²) in [5.74, 6) is -0.0481. The second kappa shape index (κ2) is 8.35. The Morgan fingerprint density at radius 1 is 0.931 bits per heavy atom. The van der Waals surface area contributed by atoms with Gasteiger partial charge in [-0.15, -0.1) is 0 Å². The van der Waals surface area contributed by atoms with Crippen molar-refractivity contribution in [3.63, 3.8) is 0 Å². The van der Waals surface area contributed by atoms with E-state index in [4.69, 9.17) is 0 Å². The molecule has 0 aliphatic carbocycles. The first kappa shape index (κ1) is 19.6. The lowest BCUT2D eigenvalue weighted by molar-refractivity contribution is 0.541. The summed E-state index contributed by atoms with van der Waals surface area (Å²) in [4.78, 5) is 2.45. The van der Waals surface area contributed by atoms with Gasteiger partial charge in [0.1, 0.15) is 5.82 Å². The number of hydrogen-bond acceptors (Lipinski definition) is 3. The van der Waals surface area contributed by atoms with Crippen LogP contribution in [-0.4, -0.2) is 28.1 Å². The zero-order valence-electron chi connectivity index (χ0n) is 16.0. The minimum atomic E-state index is -3.63. The molecule has 4 nitrogen and oxygen atoms in total. The molecule has 1 saturated heterocycles. The number of halogens is 1. The molecular weight excluding hydrogens is 387 g/mol. The van der Waals surface area contributed by atoms with E-state index >= 15 is 0 Å². The highest BCUT2D eigenvalue weighted by atomic mass is 32.2. The average Bonchev–Trinajstić information content (AvgIpc) is 3.23. The van der Waals surface area contributed by atoms with E-state index in [0.29, 0.717) is 17.0 Å². The molecule has 1 heterocycles. The van der Waals surface area contributed by atoms with Gasteiger partial charge in [0.05, 0.1) is 4.90 Å². The van der Waals surface area contributed by atoms with E-state index in [9.17, 15) is 12.8 Å². The molecule has 29 heavy (non-hydrogen) atoms. The smallest absolute Gasteiger partial charge is 0.241 e. The fraction of sp³-hybridized carbons (Fsp3) is 0.217. The minimum Gasteiger partial charge on any atom is -0.371 e. The molecule has 6 heteroatoms. The molecule has 0 spiro atoms. The summed E-state index contributed by atoms with van der Waals surface area (Å²) in [7, 11) is -3.63. The van der Waals surface area contributed by atoms with Crippen LogP contribution in [0.4, 0.5) is 10.1 Å². The van der Waals surface area contributed by atoms with Crippen LogP contribution in [0, 0.1) is 11.7 Å². The first-order valence-electron chi connectivity index (χ1n) is 9.67. The highest BCUT2D eigenvalue weighted by Crippen LogP contribution is 2.28. The van der Waals surface area contributed by atoms with E-state index in [0.717, 1.165) is 30.8 Å². The second-order valence-electron chi connectivity index (χ2n) is 7.29. The number of sulfonamides is 1. The Balaban J connectivity index is 1.45. The van der Waals surface area contributed by atoms with Gasteiger partial charge in [-0.3, -0.25) is 0 Å². The fourth-order valence-corrected chi connectivity index (χ4v) is 5.09. The maximum absolute atomic E-state index is 13.1. The summed E-state index contributed by atoms with van der Waals surface area (Å²) >= 11 is 0. The van der Waals surface area contributed by atoms with Gasteiger partial charge in [0.15, 0.2) is 0 Å². The second-order valence-corrected chi connectivity index (χ2v) is 9.03. The predicted molar refractivity (Wildman–Crippen MR) is 114 cm³/mol. The Labute approximate surface area is 171 Å². The lowest BCUT2D eigenvalue weighted by atomic mass is 10.1. The van der Waals surface area contributed by atoms with Crippen molar-refractivity contribution in [1.29, 1.82) is 0 Å². The van der Waals surface area contributed by atoms with Crippen molar-refractivity contribution < 1.29 is 12.8 Å². The maximum Gasteiger partial charge on any atom is 0.241 e. The zero-order chi connectivity index (χ0) is 20.3. The molecule has 1 atom stereocenters. The fourth-order valence-electron chi connectivity index (χ4n) is 3.75. The van der Waals surface area contributed by atoms with Gasteiger partial charge in [-0.1, -0.05) is 48.5 Å². The van der Waals surface area contributed by atoms with Crippen LogP contribution < -0.4 is 9.62 Å². The van der Waals surface area contributed by atoms with E-state index in [1.165, 1.54) is 12.1 Å². The monoisotopic (exact) mass is 410 g/mol. The summed E-state index contributed by atoms with van der Waals surface area (Å²) in [6.45, 7) is 1.95. The maximum atomic E-state index is 13.1. The Bertz CT molecular complexity index is 1070. The quantitative estimate of drug-likeness (QED) is 0.659. The van der Waals surface area contributed by atoms with Crippen LogP contribution in [0.25, 0.3) is 11.1 Å². The Kier molecular flexibility index (Phi) is 5.65. The van der Waals surface area contributed by atoms with Crippen molar-refractivity contribution in [2.45, 2.75) is 11.3 Å². The molecule has 1 aliphatic rings. The van der Waals surface area contributed by atoms with E-state index in [2.05, 4.69) is 9.62 Å². The molecule has 3 aromatic rings. The Hall–Kier alpha value is -2.70. The van der Waals surface area contributed by atoms with Crippen molar-refractivity contribution in [1.82, 2.24) is 4.72 Å². The molecule has 3 aromatic carbocycles. The molecular formula is C23H23FN2O2S. The van der Waals surface area contributed by atoms with Gasteiger partial charge in [0.25, 0.3) is 0 Å².